The van der Waals surface area contributed by atoms with Gasteiger partial charge in [-0.1, -0.05) is 6.92 Å². The summed E-state index contributed by atoms with van der Waals surface area (Å²) in [5, 5.41) is 2.76. The molecule has 0 aliphatic rings. The van der Waals surface area contributed by atoms with E-state index in [1.807, 2.05) is 6.92 Å². The van der Waals surface area contributed by atoms with Crippen LogP contribution < -0.4 is 19.5 Å². The van der Waals surface area contributed by atoms with Crippen molar-refractivity contribution in [2.45, 2.75) is 39.2 Å². The highest BCUT2D eigenvalue weighted by Gasteiger charge is 2.21. The number of nitrogens with one attached hydrogen (secondary N) is 1. The normalized spacial score (nSPS) is 11.3. The molecule has 2 rings (SSSR count). The van der Waals surface area contributed by atoms with Gasteiger partial charge in [-0.2, -0.15) is 0 Å². The molecular weight excluding hydrogens is 414 g/mol. The molecule has 0 spiro atoms. The molecule has 32 heavy (non-hydrogen) atoms. The van der Waals surface area contributed by atoms with E-state index in [4.69, 9.17) is 18.9 Å². The molecule has 172 valence electrons. The van der Waals surface area contributed by atoms with E-state index in [0.717, 1.165) is 6.42 Å². The summed E-state index contributed by atoms with van der Waals surface area (Å²) < 4.78 is 21.2. The van der Waals surface area contributed by atoms with Gasteiger partial charge in [-0.25, -0.2) is 0 Å². The minimum atomic E-state index is -0.968. The van der Waals surface area contributed by atoms with E-state index < -0.39 is 12.1 Å². The van der Waals surface area contributed by atoms with E-state index in [1.165, 1.54) is 28.3 Å². The fourth-order valence-corrected chi connectivity index (χ4v) is 3.10. The number of carbonyl (C=O) groups excluding carboxylic acids is 3. The van der Waals surface area contributed by atoms with Crippen molar-refractivity contribution in [3.8, 4) is 17.2 Å². The Labute approximate surface area is 187 Å². The van der Waals surface area contributed by atoms with Crippen LogP contribution in [0.2, 0.25) is 0 Å². The molecule has 0 saturated carbocycles. The van der Waals surface area contributed by atoms with Crippen LogP contribution in [-0.2, 0) is 20.7 Å². The standard InChI is InChI=1S/C24H29NO7/c1-6-7-21(26)25-18-10-8-17(9-11-18)23(28)15(2)32-22(27)14-16-12-19(29-3)24(31-5)20(13-16)30-4/h8-13,15H,6-7,14H2,1-5H3,(H,25,26). The number of ketones is 1. The zero-order chi connectivity index (χ0) is 23.7. The number of benzene rings is 2. The maximum atomic E-state index is 12.6. The van der Waals surface area contributed by atoms with Crippen molar-refractivity contribution in [3.05, 3.63) is 47.5 Å². The number of esters is 1. The van der Waals surface area contributed by atoms with Gasteiger partial charge in [0.2, 0.25) is 17.4 Å². The number of ether oxygens (including phenoxy) is 4. The second-order valence-electron chi connectivity index (χ2n) is 7.08. The van der Waals surface area contributed by atoms with Crippen molar-refractivity contribution in [2.75, 3.05) is 26.6 Å². The predicted molar refractivity (Wildman–Crippen MR) is 120 cm³/mol. The fourth-order valence-electron chi connectivity index (χ4n) is 3.10. The first-order chi connectivity index (χ1) is 15.3. The van der Waals surface area contributed by atoms with Crippen LogP contribution in [-0.4, -0.2) is 45.1 Å². The number of hydrogen-bond donors (Lipinski definition) is 1. The number of anilines is 1. The molecule has 0 aromatic heterocycles. The van der Waals surface area contributed by atoms with Gasteiger partial charge in [-0.15, -0.1) is 0 Å². The number of carbonyl (C=O) groups is 3. The maximum Gasteiger partial charge on any atom is 0.310 e. The van der Waals surface area contributed by atoms with Crippen LogP contribution in [0.15, 0.2) is 36.4 Å². The van der Waals surface area contributed by atoms with Crippen LogP contribution in [0.4, 0.5) is 5.69 Å². The first-order valence-electron chi connectivity index (χ1n) is 10.2. The van der Waals surface area contributed by atoms with Crippen LogP contribution in [0.5, 0.6) is 17.2 Å². The summed E-state index contributed by atoms with van der Waals surface area (Å²) in [5.41, 5.74) is 1.58. The van der Waals surface area contributed by atoms with Gasteiger partial charge in [0, 0.05) is 17.7 Å². The smallest absolute Gasteiger partial charge is 0.310 e. The molecule has 0 fully saturated rings. The highest BCUT2D eigenvalue weighted by molar-refractivity contribution is 6.01. The minimum absolute atomic E-state index is 0.0727. The van der Waals surface area contributed by atoms with E-state index in [0.29, 0.717) is 40.5 Å². The largest absolute Gasteiger partial charge is 0.493 e. The van der Waals surface area contributed by atoms with Gasteiger partial charge >= 0.3 is 5.97 Å². The summed E-state index contributed by atoms with van der Waals surface area (Å²) in [5.74, 6) is 0.277. The third-order valence-corrected chi connectivity index (χ3v) is 4.68. The molecule has 1 atom stereocenters. The van der Waals surface area contributed by atoms with Crippen molar-refractivity contribution in [2.24, 2.45) is 0 Å². The lowest BCUT2D eigenvalue weighted by molar-refractivity contribution is -0.145. The molecule has 0 aliphatic carbocycles. The molecular formula is C24H29NO7. The van der Waals surface area contributed by atoms with Crippen LogP contribution in [0.3, 0.4) is 0 Å². The van der Waals surface area contributed by atoms with Crippen LogP contribution in [0, 0.1) is 0 Å². The van der Waals surface area contributed by atoms with Gasteiger partial charge < -0.3 is 24.3 Å². The summed E-state index contributed by atoms with van der Waals surface area (Å²) in [6.45, 7) is 3.44. The maximum absolute atomic E-state index is 12.6. The molecule has 1 unspecified atom stereocenters. The van der Waals surface area contributed by atoms with E-state index in [-0.39, 0.29) is 18.1 Å². The van der Waals surface area contributed by atoms with Crippen LogP contribution >= 0.6 is 0 Å². The average molecular weight is 443 g/mol. The Balaban J connectivity index is 2.01. The zero-order valence-electron chi connectivity index (χ0n) is 19.0. The summed E-state index contributed by atoms with van der Waals surface area (Å²) in [7, 11) is 4.47. The fraction of sp³-hybridized carbons (Fsp3) is 0.375. The Bertz CT molecular complexity index is 928. The first-order valence-corrected chi connectivity index (χ1v) is 10.2. The Hall–Kier alpha value is -3.55. The van der Waals surface area contributed by atoms with Gasteiger partial charge in [-0.05, 0) is 55.3 Å². The molecule has 0 bridgehead atoms. The second-order valence-corrected chi connectivity index (χ2v) is 7.08. The quantitative estimate of drug-likeness (QED) is 0.416. The Morgan fingerprint density at radius 2 is 1.53 bits per heavy atom. The Kier molecular flexibility index (Phi) is 9.07. The van der Waals surface area contributed by atoms with Gasteiger partial charge in [-0.3, -0.25) is 14.4 Å². The molecule has 8 nitrogen and oxygen atoms in total. The highest BCUT2D eigenvalue weighted by Crippen LogP contribution is 2.38. The van der Waals surface area contributed by atoms with Crippen molar-refractivity contribution >= 4 is 23.3 Å². The SMILES string of the molecule is CCCC(=O)Nc1ccc(C(=O)C(C)OC(=O)Cc2cc(OC)c(OC)c(OC)c2)cc1. The van der Waals surface area contributed by atoms with Crippen molar-refractivity contribution in [1.82, 2.24) is 0 Å². The van der Waals surface area contributed by atoms with E-state index in [2.05, 4.69) is 5.32 Å². The molecule has 2 aromatic rings. The van der Waals surface area contributed by atoms with Crippen molar-refractivity contribution in [1.29, 1.82) is 0 Å². The first kappa shape index (κ1) is 24.7. The molecule has 1 N–H and O–H groups in total. The third-order valence-electron chi connectivity index (χ3n) is 4.68. The van der Waals surface area contributed by atoms with Crippen molar-refractivity contribution in [3.63, 3.8) is 0 Å². The average Bonchev–Trinajstić information content (AvgIpc) is 2.78. The molecule has 0 radical (unpaired) electrons. The monoisotopic (exact) mass is 443 g/mol. The second kappa shape index (κ2) is 11.7. The molecule has 0 heterocycles. The lowest BCUT2D eigenvalue weighted by atomic mass is 10.1. The van der Waals surface area contributed by atoms with Gasteiger partial charge in [0.15, 0.2) is 17.6 Å². The molecule has 0 saturated heterocycles. The van der Waals surface area contributed by atoms with E-state index in [1.54, 1.807) is 36.4 Å². The summed E-state index contributed by atoms with van der Waals surface area (Å²) >= 11 is 0. The Morgan fingerprint density at radius 1 is 0.938 bits per heavy atom. The number of methoxy groups -OCH3 is 3. The zero-order valence-corrected chi connectivity index (χ0v) is 19.0. The minimum Gasteiger partial charge on any atom is -0.493 e. The van der Waals surface area contributed by atoms with Gasteiger partial charge in [0.1, 0.15) is 0 Å². The molecule has 2 aromatic carbocycles. The highest BCUT2D eigenvalue weighted by atomic mass is 16.5. The number of Topliss-reactive ketones (excluding diaryl/α,β-unsaturated/α-hetero) is 1. The molecule has 8 heteroatoms. The van der Waals surface area contributed by atoms with Gasteiger partial charge in [0.25, 0.3) is 0 Å². The van der Waals surface area contributed by atoms with E-state index in [9.17, 15) is 14.4 Å². The summed E-state index contributed by atoms with van der Waals surface area (Å²) in [6.07, 6.45) is 0.141. The van der Waals surface area contributed by atoms with Crippen LogP contribution in [0.1, 0.15) is 42.6 Å². The number of amides is 1. The summed E-state index contributed by atoms with van der Waals surface area (Å²) in [6, 6.07) is 9.78. The topological polar surface area (TPSA) is 100 Å². The van der Waals surface area contributed by atoms with Crippen molar-refractivity contribution < 1.29 is 33.3 Å². The summed E-state index contributed by atoms with van der Waals surface area (Å²) in [4.78, 5) is 36.7. The predicted octanol–water partition coefficient (Wildman–Crippen LogP) is 3.81. The lowest BCUT2D eigenvalue weighted by Crippen LogP contribution is -2.25. The molecule has 1 amide bonds. The molecule has 0 aliphatic heterocycles. The van der Waals surface area contributed by atoms with E-state index >= 15 is 0 Å². The van der Waals surface area contributed by atoms with Crippen LogP contribution in [0.25, 0.3) is 0 Å². The number of hydrogen-bond acceptors (Lipinski definition) is 7. The Morgan fingerprint density at radius 3 is 2.03 bits per heavy atom. The van der Waals surface area contributed by atoms with Gasteiger partial charge in [0.05, 0.1) is 27.8 Å². The number of rotatable bonds is 11. The lowest BCUT2D eigenvalue weighted by Gasteiger charge is -2.15. The third kappa shape index (κ3) is 6.47.